The molecule has 2 aromatic carbocycles. The minimum atomic E-state index is -0.0841. The van der Waals surface area contributed by atoms with E-state index in [0.29, 0.717) is 10.0 Å². The molecule has 0 aliphatic rings. The standard InChI is InChI=1S/C19H17Cl2N3O/c1-12-16(11-19(25)22-15-6-4-3-5-7-15)13(2)24(23-12)18-9-8-14(20)10-17(18)21/h3-10H,11H2,1-2H3,(H,22,25). The molecule has 0 spiro atoms. The van der Waals surface area contributed by atoms with Crippen LogP contribution in [0.15, 0.2) is 48.5 Å². The lowest BCUT2D eigenvalue weighted by Gasteiger charge is -2.08. The Balaban J connectivity index is 1.86. The maximum atomic E-state index is 12.4. The maximum absolute atomic E-state index is 12.4. The summed E-state index contributed by atoms with van der Waals surface area (Å²) in [7, 11) is 0. The second-order valence-electron chi connectivity index (χ2n) is 5.75. The zero-order valence-electron chi connectivity index (χ0n) is 13.9. The van der Waals surface area contributed by atoms with Crippen molar-refractivity contribution in [3.05, 3.63) is 75.5 Å². The van der Waals surface area contributed by atoms with Gasteiger partial charge in [-0.15, -0.1) is 0 Å². The van der Waals surface area contributed by atoms with Crippen molar-refractivity contribution in [2.45, 2.75) is 20.3 Å². The summed E-state index contributed by atoms with van der Waals surface area (Å²) in [6.07, 6.45) is 0.248. The number of amides is 1. The molecule has 0 unspecified atom stereocenters. The predicted octanol–water partition coefficient (Wildman–Crippen LogP) is 4.98. The van der Waals surface area contributed by atoms with Crippen molar-refractivity contribution >= 4 is 34.8 Å². The number of aromatic nitrogens is 2. The first-order valence-corrected chi connectivity index (χ1v) is 8.56. The van der Waals surface area contributed by atoms with Crippen molar-refractivity contribution in [2.24, 2.45) is 0 Å². The molecular weight excluding hydrogens is 357 g/mol. The third kappa shape index (κ3) is 3.86. The van der Waals surface area contributed by atoms with Gasteiger partial charge in [0.15, 0.2) is 0 Å². The number of halogens is 2. The Kier molecular flexibility index (Phi) is 5.11. The number of nitrogens with zero attached hydrogens (tertiary/aromatic N) is 2. The third-order valence-electron chi connectivity index (χ3n) is 3.97. The summed E-state index contributed by atoms with van der Waals surface area (Å²) < 4.78 is 1.75. The first-order valence-electron chi connectivity index (χ1n) is 7.81. The van der Waals surface area contributed by atoms with Gasteiger partial charge in [0.1, 0.15) is 0 Å². The summed E-state index contributed by atoms with van der Waals surface area (Å²) >= 11 is 12.2. The summed E-state index contributed by atoms with van der Waals surface area (Å²) in [5.41, 5.74) is 4.08. The fraction of sp³-hybridized carbons (Fsp3) is 0.158. The van der Waals surface area contributed by atoms with Crippen LogP contribution >= 0.6 is 23.2 Å². The van der Waals surface area contributed by atoms with Gasteiger partial charge < -0.3 is 5.32 Å². The fourth-order valence-corrected chi connectivity index (χ4v) is 3.19. The average Bonchev–Trinajstić information content (AvgIpc) is 2.84. The molecule has 6 heteroatoms. The second kappa shape index (κ2) is 7.30. The lowest BCUT2D eigenvalue weighted by molar-refractivity contribution is -0.115. The van der Waals surface area contributed by atoms with Gasteiger partial charge in [-0.2, -0.15) is 5.10 Å². The van der Waals surface area contributed by atoms with Crippen LogP contribution in [0.4, 0.5) is 5.69 Å². The van der Waals surface area contributed by atoms with Crippen LogP contribution in [0.25, 0.3) is 5.69 Å². The van der Waals surface area contributed by atoms with E-state index in [1.165, 1.54) is 0 Å². The number of benzene rings is 2. The number of para-hydroxylation sites is 1. The van der Waals surface area contributed by atoms with Crippen LogP contribution in [0, 0.1) is 13.8 Å². The number of carbonyl (C=O) groups is 1. The van der Waals surface area contributed by atoms with Crippen LogP contribution < -0.4 is 5.32 Å². The van der Waals surface area contributed by atoms with Crippen LogP contribution in [0.3, 0.4) is 0 Å². The highest BCUT2D eigenvalue weighted by molar-refractivity contribution is 6.35. The van der Waals surface area contributed by atoms with E-state index in [9.17, 15) is 4.79 Å². The van der Waals surface area contributed by atoms with Gasteiger partial charge in [-0.25, -0.2) is 4.68 Å². The Labute approximate surface area is 156 Å². The molecule has 0 aliphatic carbocycles. The van der Waals surface area contributed by atoms with Crippen LogP contribution in [-0.2, 0) is 11.2 Å². The largest absolute Gasteiger partial charge is 0.326 e. The Morgan fingerprint density at radius 2 is 1.84 bits per heavy atom. The summed E-state index contributed by atoms with van der Waals surface area (Å²) in [5.74, 6) is -0.0841. The number of anilines is 1. The van der Waals surface area contributed by atoms with Crippen molar-refractivity contribution in [1.29, 1.82) is 0 Å². The zero-order valence-corrected chi connectivity index (χ0v) is 15.4. The van der Waals surface area contributed by atoms with Gasteiger partial charge in [0.2, 0.25) is 5.91 Å². The summed E-state index contributed by atoms with van der Waals surface area (Å²) in [6, 6.07) is 14.6. The molecule has 0 saturated carbocycles. The molecule has 128 valence electrons. The Morgan fingerprint density at radius 1 is 1.12 bits per heavy atom. The van der Waals surface area contributed by atoms with Gasteiger partial charge in [-0.05, 0) is 44.2 Å². The number of hydrogen-bond donors (Lipinski definition) is 1. The number of hydrogen-bond acceptors (Lipinski definition) is 2. The lowest BCUT2D eigenvalue weighted by Crippen LogP contribution is -2.15. The van der Waals surface area contributed by atoms with Crippen molar-refractivity contribution in [3.8, 4) is 5.69 Å². The van der Waals surface area contributed by atoms with Crippen LogP contribution in [0.5, 0.6) is 0 Å². The van der Waals surface area contributed by atoms with E-state index in [1.807, 2.05) is 50.2 Å². The first kappa shape index (κ1) is 17.5. The summed E-state index contributed by atoms with van der Waals surface area (Å²) in [6.45, 7) is 3.81. The van der Waals surface area contributed by atoms with E-state index < -0.39 is 0 Å². The number of carbonyl (C=O) groups excluding carboxylic acids is 1. The first-order chi connectivity index (χ1) is 12.0. The van der Waals surface area contributed by atoms with E-state index >= 15 is 0 Å². The van der Waals surface area contributed by atoms with E-state index in [1.54, 1.807) is 16.8 Å². The van der Waals surface area contributed by atoms with E-state index in [0.717, 1.165) is 28.3 Å². The fourth-order valence-electron chi connectivity index (χ4n) is 2.71. The van der Waals surface area contributed by atoms with Gasteiger partial charge in [-0.1, -0.05) is 41.4 Å². The zero-order chi connectivity index (χ0) is 18.0. The molecule has 1 amide bonds. The van der Waals surface area contributed by atoms with E-state index in [2.05, 4.69) is 10.4 Å². The van der Waals surface area contributed by atoms with Gasteiger partial charge in [0, 0.05) is 22.0 Å². The highest BCUT2D eigenvalue weighted by Crippen LogP contribution is 2.27. The Bertz CT molecular complexity index is 920. The molecule has 3 rings (SSSR count). The number of aryl methyl sites for hydroxylation is 1. The topological polar surface area (TPSA) is 46.9 Å². The van der Waals surface area contributed by atoms with Crippen LogP contribution in [0.1, 0.15) is 17.0 Å². The molecule has 0 radical (unpaired) electrons. The van der Waals surface area contributed by atoms with Gasteiger partial charge in [-0.3, -0.25) is 4.79 Å². The third-order valence-corrected chi connectivity index (χ3v) is 4.51. The quantitative estimate of drug-likeness (QED) is 0.700. The number of nitrogens with one attached hydrogen (secondary N) is 1. The highest BCUT2D eigenvalue weighted by atomic mass is 35.5. The molecule has 3 aromatic rings. The summed E-state index contributed by atoms with van der Waals surface area (Å²) in [5, 5.41) is 8.51. The Hall–Kier alpha value is -2.30. The highest BCUT2D eigenvalue weighted by Gasteiger charge is 2.17. The van der Waals surface area contributed by atoms with Crippen molar-refractivity contribution in [2.75, 3.05) is 5.32 Å². The minimum absolute atomic E-state index is 0.0841. The molecular formula is C19H17Cl2N3O. The van der Waals surface area contributed by atoms with Crippen molar-refractivity contribution < 1.29 is 4.79 Å². The predicted molar refractivity (Wildman–Crippen MR) is 102 cm³/mol. The normalized spacial score (nSPS) is 10.7. The lowest BCUT2D eigenvalue weighted by atomic mass is 10.1. The molecule has 0 saturated heterocycles. The van der Waals surface area contributed by atoms with E-state index in [-0.39, 0.29) is 12.3 Å². The van der Waals surface area contributed by atoms with Gasteiger partial charge >= 0.3 is 0 Å². The van der Waals surface area contributed by atoms with Gasteiger partial charge in [0.25, 0.3) is 0 Å². The Morgan fingerprint density at radius 3 is 2.52 bits per heavy atom. The van der Waals surface area contributed by atoms with Gasteiger partial charge in [0.05, 0.1) is 22.8 Å². The van der Waals surface area contributed by atoms with Crippen LogP contribution in [-0.4, -0.2) is 15.7 Å². The number of rotatable bonds is 4. The monoisotopic (exact) mass is 373 g/mol. The maximum Gasteiger partial charge on any atom is 0.228 e. The molecule has 4 nitrogen and oxygen atoms in total. The van der Waals surface area contributed by atoms with Crippen molar-refractivity contribution in [1.82, 2.24) is 9.78 Å². The molecule has 0 aliphatic heterocycles. The molecule has 1 N–H and O–H groups in total. The SMILES string of the molecule is Cc1nn(-c2ccc(Cl)cc2Cl)c(C)c1CC(=O)Nc1ccccc1. The second-order valence-corrected chi connectivity index (χ2v) is 6.59. The minimum Gasteiger partial charge on any atom is -0.326 e. The van der Waals surface area contributed by atoms with Crippen LogP contribution in [0.2, 0.25) is 10.0 Å². The molecule has 25 heavy (non-hydrogen) atoms. The molecule has 1 aromatic heterocycles. The van der Waals surface area contributed by atoms with Crippen molar-refractivity contribution in [3.63, 3.8) is 0 Å². The molecule has 0 atom stereocenters. The molecule has 0 fully saturated rings. The smallest absolute Gasteiger partial charge is 0.228 e. The van der Waals surface area contributed by atoms with E-state index in [4.69, 9.17) is 23.2 Å². The molecule has 0 bridgehead atoms. The molecule has 1 heterocycles. The average molecular weight is 374 g/mol. The summed E-state index contributed by atoms with van der Waals surface area (Å²) in [4.78, 5) is 12.4.